The Morgan fingerprint density at radius 2 is 2.00 bits per heavy atom. The molecule has 2 aromatic rings. The van der Waals surface area contributed by atoms with E-state index in [-0.39, 0.29) is 10.6 Å². The largest absolute Gasteiger partial charge is 0.333 e. The number of rotatable bonds is 2. The zero-order valence-corrected chi connectivity index (χ0v) is 10.8. The number of hydrogen-bond donors (Lipinski definition) is 1. The van der Waals surface area contributed by atoms with Crippen LogP contribution in [0.25, 0.3) is 10.9 Å². The van der Waals surface area contributed by atoms with Crippen LogP contribution in [0.1, 0.15) is 31.7 Å². The quantitative estimate of drug-likeness (QED) is 0.506. The lowest BCUT2D eigenvalue weighted by atomic mass is 10.2. The second-order valence-electron chi connectivity index (χ2n) is 4.81. The number of fused-ring (bicyclic) bond motifs is 1. The molecule has 3 rings (SSSR count). The van der Waals surface area contributed by atoms with Gasteiger partial charge in [-0.25, -0.2) is 0 Å². The van der Waals surface area contributed by atoms with E-state index in [1.54, 1.807) is 12.1 Å². The molecule has 1 aliphatic rings. The van der Waals surface area contributed by atoms with E-state index < -0.39 is 0 Å². The summed E-state index contributed by atoms with van der Waals surface area (Å²) in [4.78, 5) is 10.4. The average Bonchev–Trinajstić information content (AvgIpc) is 2.93. The molecule has 1 heterocycles. The number of nitro groups is 1. The van der Waals surface area contributed by atoms with Crippen LogP contribution < -0.4 is 0 Å². The molecule has 0 unspecified atom stereocenters. The van der Waals surface area contributed by atoms with Crippen molar-refractivity contribution in [2.75, 3.05) is 0 Å². The van der Waals surface area contributed by atoms with Gasteiger partial charge in [0.25, 0.3) is 5.69 Å². The Morgan fingerprint density at radius 1 is 1.28 bits per heavy atom. The Morgan fingerprint density at radius 3 is 2.67 bits per heavy atom. The van der Waals surface area contributed by atoms with Gasteiger partial charge in [0, 0.05) is 29.1 Å². The fourth-order valence-corrected chi connectivity index (χ4v) is 3.28. The Labute approximate surface area is 110 Å². The highest BCUT2D eigenvalue weighted by molar-refractivity contribution is 7.80. The fraction of sp³-hybridized carbons (Fsp3) is 0.385. The van der Waals surface area contributed by atoms with Crippen molar-refractivity contribution in [1.29, 1.82) is 0 Å². The van der Waals surface area contributed by atoms with E-state index >= 15 is 0 Å². The molecule has 0 amide bonds. The van der Waals surface area contributed by atoms with E-state index in [2.05, 4.69) is 17.2 Å². The molecule has 0 aliphatic heterocycles. The van der Waals surface area contributed by atoms with Gasteiger partial charge >= 0.3 is 0 Å². The van der Waals surface area contributed by atoms with Crippen molar-refractivity contribution in [2.24, 2.45) is 0 Å². The summed E-state index contributed by atoms with van der Waals surface area (Å²) in [7, 11) is 0. The molecule has 0 N–H and O–H groups in total. The van der Waals surface area contributed by atoms with Gasteiger partial charge < -0.3 is 4.57 Å². The number of non-ortho nitro benzene ring substituents is 1. The molecule has 0 radical (unpaired) electrons. The van der Waals surface area contributed by atoms with Gasteiger partial charge in [-0.3, -0.25) is 10.1 Å². The maximum atomic E-state index is 10.8. The number of nitrogens with zero attached hydrogens (tertiary/aromatic N) is 2. The SMILES string of the molecule is O=[N+]([O-])c1ccc2c(c1)cc(S)n2C1CCCC1. The maximum Gasteiger partial charge on any atom is 0.270 e. The van der Waals surface area contributed by atoms with Gasteiger partial charge in [0.1, 0.15) is 0 Å². The van der Waals surface area contributed by atoms with Crippen LogP contribution in [-0.4, -0.2) is 9.49 Å². The molecule has 1 saturated carbocycles. The van der Waals surface area contributed by atoms with Crippen LogP contribution in [0.4, 0.5) is 5.69 Å². The minimum atomic E-state index is -0.357. The molecule has 0 spiro atoms. The van der Waals surface area contributed by atoms with Crippen LogP contribution in [-0.2, 0) is 0 Å². The summed E-state index contributed by atoms with van der Waals surface area (Å²) in [6.07, 6.45) is 4.86. The third kappa shape index (κ3) is 1.79. The van der Waals surface area contributed by atoms with E-state index in [9.17, 15) is 10.1 Å². The van der Waals surface area contributed by atoms with E-state index in [0.717, 1.165) is 15.9 Å². The fourth-order valence-electron chi connectivity index (χ4n) is 2.87. The van der Waals surface area contributed by atoms with Gasteiger partial charge in [0.05, 0.1) is 9.95 Å². The lowest BCUT2D eigenvalue weighted by Crippen LogP contribution is -2.04. The summed E-state index contributed by atoms with van der Waals surface area (Å²) in [6.45, 7) is 0. The second-order valence-corrected chi connectivity index (χ2v) is 5.27. The van der Waals surface area contributed by atoms with Crippen LogP contribution in [0.5, 0.6) is 0 Å². The predicted molar refractivity (Wildman–Crippen MR) is 73.3 cm³/mol. The second kappa shape index (κ2) is 4.31. The highest BCUT2D eigenvalue weighted by Gasteiger charge is 2.21. The zero-order chi connectivity index (χ0) is 12.7. The van der Waals surface area contributed by atoms with Gasteiger partial charge in [0.2, 0.25) is 0 Å². The normalized spacial score (nSPS) is 16.5. The summed E-state index contributed by atoms with van der Waals surface area (Å²) in [5.41, 5.74) is 1.19. The topological polar surface area (TPSA) is 48.1 Å². The number of thiol groups is 1. The summed E-state index contributed by atoms with van der Waals surface area (Å²) in [6, 6.07) is 7.45. The molecular formula is C13H14N2O2S. The Bertz CT molecular complexity index is 615. The summed E-state index contributed by atoms with van der Waals surface area (Å²) in [5.74, 6) is 0. The highest BCUT2D eigenvalue weighted by Crippen LogP contribution is 2.36. The Kier molecular flexibility index (Phi) is 2.78. The van der Waals surface area contributed by atoms with Crippen molar-refractivity contribution in [3.05, 3.63) is 34.4 Å². The van der Waals surface area contributed by atoms with Crippen molar-refractivity contribution in [3.63, 3.8) is 0 Å². The number of aromatic nitrogens is 1. The molecule has 1 aliphatic carbocycles. The van der Waals surface area contributed by atoms with E-state index in [1.807, 2.05) is 12.1 Å². The summed E-state index contributed by atoms with van der Waals surface area (Å²) in [5, 5.41) is 12.6. The van der Waals surface area contributed by atoms with Crippen molar-refractivity contribution in [1.82, 2.24) is 4.57 Å². The van der Waals surface area contributed by atoms with E-state index in [1.165, 1.54) is 25.7 Å². The van der Waals surface area contributed by atoms with Crippen molar-refractivity contribution >= 4 is 29.2 Å². The van der Waals surface area contributed by atoms with Gasteiger partial charge in [-0.05, 0) is 25.0 Å². The lowest BCUT2D eigenvalue weighted by Gasteiger charge is -2.15. The standard InChI is InChI=1S/C13H14N2O2S/c16-15(17)11-5-6-12-9(7-11)8-13(18)14(12)10-3-1-2-4-10/h5-8,10,18H,1-4H2. The number of hydrogen-bond acceptors (Lipinski definition) is 3. The predicted octanol–water partition coefficient (Wildman–Crippen LogP) is 3.95. The molecular weight excluding hydrogens is 248 g/mol. The van der Waals surface area contributed by atoms with Gasteiger partial charge in [-0.15, -0.1) is 12.6 Å². The lowest BCUT2D eigenvalue weighted by molar-refractivity contribution is -0.384. The number of nitro benzene ring substituents is 1. The zero-order valence-electron chi connectivity index (χ0n) is 9.87. The maximum absolute atomic E-state index is 10.8. The molecule has 0 bridgehead atoms. The molecule has 1 fully saturated rings. The first-order valence-corrected chi connectivity index (χ1v) is 6.60. The van der Waals surface area contributed by atoms with Gasteiger partial charge in [-0.1, -0.05) is 12.8 Å². The Balaban J connectivity index is 2.14. The number of benzene rings is 1. The molecule has 4 nitrogen and oxygen atoms in total. The van der Waals surface area contributed by atoms with Gasteiger partial charge in [-0.2, -0.15) is 0 Å². The molecule has 0 saturated heterocycles. The third-order valence-corrected chi connectivity index (χ3v) is 4.05. The minimum Gasteiger partial charge on any atom is -0.333 e. The van der Waals surface area contributed by atoms with Crippen LogP contribution in [0.3, 0.4) is 0 Å². The molecule has 0 atom stereocenters. The van der Waals surface area contributed by atoms with Crippen LogP contribution in [0.15, 0.2) is 29.3 Å². The van der Waals surface area contributed by atoms with Crippen LogP contribution >= 0.6 is 12.6 Å². The summed E-state index contributed by atoms with van der Waals surface area (Å²) >= 11 is 4.51. The Hall–Kier alpha value is -1.49. The average molecular weight is 262 g/mol. The van der Waals surface area contributed by atoms with E-state index in [4.69, 9.17) is 0 Å². The van der Waals surface area contributed by atoms with Crippen LogP contribution in [0, 0.1) is 10.1 Å². The molecule has 5 heteroatoms. The third-order valence-electron chi connectivity index (χ3n) is 3.70. The highest BCUT2D eigenvalue weighted by atomic mass is 32.1. The molecule has 1 aromatic heterocycles. The first-order chi connectivity index (χ1) is 8.66. The van der Waals surface area contributed by atoms with Gasteiger partial charge in [0.15, 0.2) is 0 Å². The van der Waals surface area contributed by atoms with Crippen LogP contribution in [0.2, 0.25) is 0 Å². The first kappa shape index (κ1) is 11.6. The monoisotopic (exact) mass is 262 g/mol. The van der Waals surface area contributed by atoms with Crippen molar-refractivity contribution in [2.45, 2.75) is 36.8 Å². The molecule has 1 aromatic carbocycles. The minimum absolute atomic E-state index is 0.138. The van der Waals surface area contributed by atoms with Crippen molar-refractivity contribution < 1.29 is 4.92 Å². The molecule has 18 heavy (non-hydrogen) atoms. The van der Waals surface area contributed by atoms with Crippen molar-refractivity contribution in [3.8, 4) is 0 Å². The van der Waals surface area contributed by atoms with E-state index in [0.29, 0.717) is 6.04 Å². The summed E-state index contributed by atoms with van der Waals surface area (Å²) < 4.78 is 2.22. The molecule has 94 valence electrons. The smallest absolute Gasteiger partial charge is 0.270 e. The first-order valence-electron chi connectivity index (χ1n) is 6.15.